The molecule has 2 aromatic carbocycles. The van der Waals surface area contributed by atoms with Gasteiger partial charge in [-0.15, -0.1) is 0 Å². The molecule has 0 bridgehead atoms. The molecule has 142 valence electrons. The lowest BCUT2D eigenvalue weighted by Crippen LogP contribution is -2.16. The van der Waals surface area contributed by atoms with Gasteiger partial charge < -0.3 is 9.64 Å². The third kappa shape index (κ3) is 4.01. The number of ether oxygens (including phenoxy) is 1. The molecule has 1 aromatic heterocycles. The second-order valence-electron chi connectivity index (χ2n) is 6.43. The zero-order chi connectivity index (χ0) is 19.5. The molecular formula is C20H17N3O4S. The summed E-state index contributed by atoms with van der Waals surface area (Å²) in [5, 5.41) is 11.8. The summed E-state index contributed by atoms with van der Waals surface area (Å²) >= 11 is 1.59. The molecule has 8 heteroatoms. The smallest absolute Gasteiger partial charge is 0.336 e. The molecule has 0 saturated carbocycles. The lowest BCUT2D eigenvalue weighted by Gasteiger charge is -2.11. The van der Waals surface area contributed by atoms with Crippen LogP contribution >= 0.6 is 11.3 Å². The van der Waals surface area contributed by atoms with Crippen LogP contribution in [-0.2, 0) is 4.79 Å². The van der Waals surface area contributed by atoms with Crippen molar-refractivity contribution in [2.45, 2.75) is 12.8 Å². The number of nitrogens with zero attached hydrogens (tertiary/aromatic N) is 3. The molecule has 4 rings (SSSR count). The second kappa shape index (κ2) is 7.77. The third-order valence-electron chi connectivity index (χ3n) is 4.44. The van der Waals surface area contributed by atoms with E-state index in [0.29, 0.717) is 11.3 Å². The SMILES string of the molecule is O=C(C=Cc1cccc([N+](=O)[O-])c1)Oc1ccc2nc(N3CCCC3)sc2c1. The van der Waals surface area contributed by atoms with Crippen molar-refractivity contribution < 1.29 is 14.5 Å². The summed E-state index contributed by atoms with van der Waals surface area (Å²) in [6.07, 6.45) is 5.13. The number of hydrogen-bond donors (Lipinski definition) is 0. The first-order valence-corrected chi connectivity index (χ1v) is 9.70. The normalized spacial score (nSPS) is 14.1. The number of esters is 1. The van der Waals surface area contributed by atoms with Crippen molar-refractivity contribution in [3.8, 4) is 5.75 Å². The van der Waals surface area contributed by atoms with Gasteiger partial charge in [-0.1, -0.05) is 23.5 Å². The Hall–Kier alpha value is -3.26. The summed E-state index contributed by atoms with van der Waals surface area (Å²) in [4.78, 5) is 29.3. The van der Waals surface area contributed by atoms with E-state index < -0.39 is 10.9 Å². The highest BCUT2D eigenvalue weighted by Crippen LogP contribution is 2.33. The molecule has 2 heterocycles. The number of carbonyl (C=O) groups excluding carboxylic acids is 1. The predicted molar refractivity (Wildman–Crippen MR) is 109 cm³/mol. The van der Waals surface area contributed by atoms with Crippen LogP contribution in [0.25, 0.3) is 16.3 Å². The topological polar surface area (TPSA) is 85.6 Å². The Balaban J connectivity index is 1.45. The highest BCUT2D eigenvalue weighted by Gasteiger charge is 2.16. The number of non-ortho nitro benzene ring substituents is 1. The van der Waals surface area contributed by atoms with E-state index >= 15 is 0 Å². The van der Waals surface area contributed by atoms with Gasteiger partial charge in [0.1, 0.15) is 5.75 Å². The molecule has 0 spiro atoms. The van der Waals surface area contributed by atoms with Crippen molar-refractivity contribution in [2.24, 2.45) is 0 Å². The Morgan fingerprint density at radius 3 is 2.82 bits per heavy atom. The first-order valence-electron chi connectivity index (χ1n) is 8.88. The number of fused-ring (bicyclic) bond motifs is 1. The lowest BCUT2D eigenvalue weighted by atomic mass is 10.2. The summed E-state index contributed by atoms with van der Waals surface area (Å²) in [7, 11) is 0. The molecule has 7 nitrogen and oxygen atoms in total. The van der Waals surface area contributed by atoms with Gasteiger partial charge in [-0.3, -0.25) is 10.1 Å². The van der Waals surface area contributed by atoms with Crippen LogP contribution in [0.15, 0.2) is 48.5 Å². The number of nitro groups is 1. The summed E-state index contributed by atoms with van der Waals surface area (Å²) in [6.45, 7) is 2.06. The van der Waals surface area contributed by atoms with Crippen LogP contribution in [0, 0.1) is 10.1 Å². The lowest BCUT2D eigenvalue weighted by molar-refractivity contribution is -0.384. The minimum absolute atomic E-state index is 0.0278. The molecule has 0 radical (unpaired) electrons. The maximum atomic E-state index is 12.1. The van der Waals surface area contributed by atoms with Crippen molar-refractivity contribution >= 4 is 44.4 Å². The molecule has 0 aliphatic carbocycles. The summed E-state index contributed by atoms with van der Waals surface area (Å²) < 4.78 is 6.33. The van der Waals surface area contributed by atoms with Gasteiger partial charge in [0.2, 0.25) is 0 Å². The number of anilines is 1. The Kier molecular flexibility index (Phi) is 5.03. The van der Waals surface area contributed by atoms with Crippen LogP contribution in [0.2, 0.25) is 0 Å². The molecule has 3 aromatic rings. The molecule has 1 saturated heterocycles. The van der Waals surface area contributed by atoms with E-state index in [9.17, 15) is 14.9 Å². The van der Waals surface area contributed by atoms with Gasteiger partial charge >= 0.3 is 5.97 Å². The van der Waals surface area contributed by atoms with Crippen molar-refractivity contribution in [2.75, 3.05) is 18.0 Å². The summed E-state index contributed by atoms with van der Waals surface area (Å²) in [6, 6.07) is 11.4. The van der Waals surface area contributed by atoms with Crippen LogP contribution in [0.1, 0.15) is 18.4 Å². The zero-order valence-corrected chi connectivity index (χ0v) is 15.7. The number of aromatic nitrogens is 1. The van der Waals surface area contributed by atoms with Gasteiger partial charge in [0.25, 0.3) is 5.69 Å². The number of carbonyl (C=O) groups is 1. The number of benzene rings is 2. The zero-order valence-electron chi connectivity index (χ0n) is 14.9. The maximum absolute atomic E-state index is 12.1. The molecule has 0 N–H and O–H groups in total. The number of rotatable bonds is 5. The van der Waals surface area contributed by atoms with Crippen LogP contribution in [0.5, 0.6) is 5.75 Å². The van der Waals surface area contributed by atoms with E-state index in [1.165, 1.54) is 37.1 Å². The van der Waals surface area contributed by atoms with Crippen LogP contribution in [-0.4, -0.2) is 29.0 Å². The average molecular weight is 395 g/mol. The molecule has 0 amide bonds. The quantitative estimate of drug-likeness (QED) is 0.209. The highest BCUT2D eigenvalue weighted by molar-refractivity contribution is 7.22. The van der Waals surface area contributed by atoms with Gasteiger partial charge in [-0.05, 0) is 36.6 Å². The molecule has 0 atom stereocenters. The molecule has 1 aliphatic heterocycles. The van der Waals surface area contributed by atoms with Gasteiger partial charge in [-0.2, -0.15) is 0 Å². The Morgan fingerprint density at radius 2 is 2.04 bits per heavy atom. The first kappa shape index (κ1) is 18.1. The Bertz CT molecular complexity index is 1070. The van der Waals surface area contributed by atoms with Gasteiger partial charge in [0.05, 0.1) is 15.1 Å². The Morgan fingerprint density at radius 1 is 1.21 bits per heavy atom. The van der Waals surface area contributed by atoms with Crippen molar-refractivity contribution in [3.63, 3.8) is 0 Å². The van der Waals surface area contributed by atoms with E-state index in [2.05, 4.69) is 9.88 Å². The summed E-state index contributed by atoms with van der Waals surface area (Å²) in [5.41, 5.74) is 1.41. The standard InChI is InChI=1S/C20H17N3O4S/c24-19(9-6-14-4-3-5-15(12-14)23(25)26)27-16-7-8-17-18(13-16)28-20(21-17)22-10-1-2-11-22/h3-9,12-13H,1-2,10-11H2. The van der Waals surface area contributed by atoms with E-state index in [1.807, 2.05) is 12.1 Å². The van der Waals surface area contributed by atoms with Crippen LogP contribution < -0.4 is 9.64 Å². The fourth-order valence-corrected chi connectivity index (χ4v) is 4.10. The largest absolute Gasteiger partial charge is 0.423 e. The van der Waals surface area contributed by atoms with Crippen LogP contribution in [0.4, 0.5) is 10.8 Å². The molecular weight excluding hydrogens is 378 g/mol. The molecule has 28 heavy (non-hydrogen) atoms. The third-order valence-corrected chi connectivity index (χ3v) is 5.52. The van der Waals surface area contributed by atoms with Gasteiger partial charge in [0, 0.05) is 37.4 Å². The predicted octanol–water partition coefficient (Wildman–Crippen LogP) is 4.42. The summed E-state index contributed by atoms with van der Waals surface area (Å²) in [5.74, 6) is -0.104. The fourth-order valence-electron chi connectivity index (χ4n) is 3.06. The minimum atomic E-state index is -0.546. The minimum Gasteiger partial charge on any atom is -0.423 e. The van der Waals surface area contributed by atoms with Crippen molar-refractivity contribution in [1.82, 2.24) is 4.98 Å². The maximum Gasteiger partial charge on any atom is 0.336 e. The fraction of sp³-hybridized carbons (Fsp3) is 0.200. The Labute approximate surface area is 165 Å². The van der Waals surface area contributed by atoms with E-state index in [-0.39, 0.29) is 5.69 Å². The molecule has 1 aliphatic rings. The van der Waals surface area contributed by atoms with E-state index in [1.54, 1.807) is 29.5 Å². The number of nitro benzene ring substituents is 1. The molecule has 0 unspecified atom stereocenters. The van der Waals surface area contributed by atoms with E-state index in [0.717, 1.165) is 28.4 Å². The molecule has 1 fully saturated rings. The number of hydrogen-bond acceptors (Lipinski definition) is 7. The van der Waals surface area contributed by atoms with Crippen LogP contribution in [0.3, 0.4) is 0 Å². The van der Waals surface area contributed by atoms with E-state index in [4.69, 9.17) is 4.74 Å². The first-order chi connectivity index (χ1) is 13.6. The second-order valence-corrected chi connectivity index (χ2v) is 7.44. The monoisotopic (exact) mass is 395 g/mol. The highest BCUT2D eigenvalue weighted by atomic mass is 32.1. The average Bonchev–Trinajstić information content (AvgIpc) is 3.35. The van der Waals surface area contributed by atoms with Crippen molar-refractivity contribution in [1.29, 1.82) is 0 Å². The van der Waals surface area contributed by atoms with Gasteiger partial charge in [0.15, 0.2) is 5.13 Å². The number of thiazole rings is 1. The van der Waals surface area contributed by atoms with Gasteiger partial charge in [-0.25, -0.2) is 9.78 Å². The van der Waals surface area contributed by atoms with Crippen molar-refractivity contribution in [3.05, 3.63) is 64.2 Å².